The van der Waals surface area contributed by atoms with Crippen LogP contribution in [0.4, 0.5) is 4.39 Å². The average Bonchev–Trinajstić information content (AvgIpc) is 2.15. The Bertz CT molecular complexity index is 500. The molecule has 0 atom stereocenters. The molecule has 0 aromatic carbocycles. The molecule has 0 radical (unpaired) electrons. The number of hydrogen-bond donors (Lipinski definition) is 0. The molecule has 2 aromatic rings. The minimum absolute atomic E-state index is 0.137. The summed E-state index contributed by atoms with van der Waals surface area (Å²) in [6.07, 6.45) is 1.57. The zero-order valence-electron chi connectivity index (χ0n) is 9.58. The van der Waals surface area contributed by atoms with Crippen LogP contribution in [-0.2, 0) is 0 Å². The highest BCUT2D eigenvalue weighted by atomic mass is 19.1. The van der Waals surface area contributed by atoms with E-state index in [4.69, 9.17) is 1.37 Å². The van der Waals surface area contributed by atoms with Gasteiger partial charge in [0.05, 0.1) is 1.37 Å². The fraction of sp³-hybridized carbons (Fsp3) is 0.167. The monoisotopic (exact) mass is 203 g/mol. The molecule has 0 fully saturated rings. The van der Waals surface area contributed by atoms with Crippen molar-refractivity contribution in [3.05, 3.63) is 47.8 Å². The molecule has 0 saturated heterocycles. The summed E-state index contributed by atoms with van der Waals surface area (Å²) in [6, 6.07) is 5.04. The van der Waals surface area contributed by atoms with Crippen molar-refractivity contribution in [1.29, 1.82) is 0 Å². The molecule has 2 nitrogen and oxygen atoms in total. The number of nitrogens with zero attached hydrogens (tertiary/aromatic N) is 2. The lowest BCUT2D eigenvalue weighted by molar-refractivity contribution is 0.586. The summed E-state index contributed by atoms with van der Waals surface area (Å²) in [5.74, 6) is -0.509. The highest BCUT2D eigenvalue weighted by molar-refractivity contribution is 5.66. The van der Waals surface area contributed by atoms with E-state index < -0.39 is 5.95 Å². The lowest BCUT2D eigenvalue weighted by Crippen LogP contribution is -1.93. The van der Waals surface area contributed by atoms with Gasteiger partial charge in [-0.05, 0) is 43.2 Å². The van der Waals surface area contributed by atoms with E-state index in [-0.39, 0.29) is 6.17 Å². The molecular formula is C12H11FN2. The van der Waals surface area contributed by atoms with Crippen LogP contribution in [0, 0.1) is 19.8 Å². The Labute approximate surface area is 89.2 Å². The topological polar surface area (TPSA) is 25.8 Å². The zero-order chi connectivity index (χ0) is 11.7. The highest BCUT2D eigenvalue weighted by Crippen LogP contribution is 2.24. The van der Waals surface area contributed by atoms with Crippen LogP contribution in [0.2, 0.25) is 0 Å². The zero-order valence-corrected chi connectivity index (χ0v) is 8.58. The summed E-state index contributed by atoms with van der Waals surface area (Å²) in [5, 5.41) is 0. The predicted molar refractivity (Wildman–Crippen MR) is 56.9 cm³/mol. The second-order valence-corrected chi connectivity index (χ2v) is 3.42. The molecule has 0 N–H and O–H groups in total. The molecule has 15 heavy (non-hydrogen) atoms. The number of rotatable bonds is 1. The molecule has 0 aliphatic carbocycles. The fourth-order valence-corrected chi connectivity index (χ4v) is 1.52. The molecule has 0 aliphatic rings. The Hall–Kier alpha value is -1.77. The Kier molecular flexibility index (Phi) is 2.14. The maximum Gasteiger partial charge on any atom is 0.220 e. The smallest absolute Gasteiger partial charge is 0.220 e. The van der Waals surface area contributed by atoms with E-state index in [0.29, 0.717) is 16.8 Å². The van der Waals surface area contributed by atoms with Crippen molar-refractivity contribution in [2.75, 3.05) is 0 Å². The lowest BCUT2D eigenvalue weighted by atomic mass is 10.0. The van der Waals surface area contributed by atoms with E-state index in [1.54, 1.807) is 25.1 Å². The van der Waals surface area contributed by atoms with Crippen molar-refractivity contribution in [3.63, 3.8) is 0 Å². The minimum atomic E-state index is -0.509. The SMILES string of the molecule is [2H]c1cc(-c2c(C)ccnc2F)cc(C)n1. The summed E-state index contributed by atoms with van der Waals surface area (Å²) in [4.78, 5) is 7.57. The van der Waals surface area contributed by atoms with Crippen LogP contribution >= 0.6 is 0 Å². The third kappa shape index (κ3) is 1.86. The number of pyridine rings is 2. The van der Waals surface area contributed by atoms with Crippen LogP contribution in [0.5, 0.6) is 0 Å². The molecule has 0 amide bonds. The van der Waals surface area contributed by atoms with Crippen molar-refractivity contribution >= 4 is 0 Å². The van der Waals surface area contributed by atoms with Gasteiger partial charge in [0.2, 0.25) is 5.95 Å². The van der Waals surface area contributed by atoms with Crippen LogP contribution in [0.1, 0.15) is 12.6 Å². The normalized spacial score (nSPS) is 11.3. The van der Waals surface area contributed by atoms with E-state index in [9.17, 15) is 4.39 Å². The van der Waals surface area contributed by atoms with Gasteiger partial charge < -0.3 is 0 Å². The first-order valence-electron chi connectivity index (χ1n) is 5.14. The number of aromatic nitrogens is 2. The highest BCUT2D eigenvalue weighted by Gasteiger charge is 2.08. The maximum atomic E-state index is 13.6. The second kappa shape index (κ2) is 3.77. The molecule has 76 valence electrons. The molecule has 2 aromatic heterocycles. The summed E-state index contributed by atoms with van der Waals surface area (Å²) >= 11 is 0. The van der Waals surface area contributed by atoms with Gasteiger partial charge in [-0.2, -0.15) is 4.39 Å². The molecule has 0 bridgehead atoms. The van der Waals surface area contributed by atoms with Gasteiger partial charge in [-0.1, -0.05) is 0 Å². The minimum Gasteiger partial charge on any atom is -0.262 e. The van der Waals surface area contributed by atoms with Gasteiger partial charge in [-0.15, -0.1) is 0 Å². The first-order chi connectivity index (χ1) is 7.58. The molecule has 2 heterocycles. The van der Waals surface area contributed by atoms with Gasteiger partial charge in [0.25, 0.3) is 0 Å². The molecule has 0 spiro atoms. The predicted octanol–water partition coefficient (Wildman–Crippen LogP) is 2.90. The van der Waals surface area contributed by atoms with Crippen LogP contribution in [0.15, 0.2) is 30.6 Å². The van der Waals surface area contributed by atoms with Crippen molar-refractivity contribution in [1.82, 2.24) is 9.97 Å². The number of halogens is 1. The third-order valence-corrected chi connectivity index (χ3v) is 2.23. The second-order valence-electron chi connectivity index (χ2n) is 3.42. The van der Waals surface area contributed by atoms with Gasteiger partial charge in [-0.3, -0.25) is 4.98 Å². The van der Waals surface area contributed by atoms with E-state index >= 15 is 0 Å². The van der Waals surface area contributed by atoms with Crippen LogP contribution in [-0.4, -0.2) is 9.97 Å². The van der Waals surface area contributed by atoms with Crippen LogP contribution < -0.4 is 0 Å². The summed E-state index contributed by atoms with van der Waals surface area (Å²) in [5.41, 5.74) is 2.60. The standard InChI is InChI=1S/C12H11FN2/c1-8-3-5-15-12(13)11(8)10-4-6-14-9(2)7-10/h3-7H,1-2H3/i6D. The van der Waals surface area contributed by atoms with Gasteiger partial charge in [0, 0.05) is 23.6 Å². The average molecular weight is 203 g/mol. The molecule has 0 unspecified atom stereocenters. The first-order valence-corrected chi connectivity index (χ1v) is 4.64. The quantitative estimate of drug-likeness (QED) is 0.666. The molecule has 0 aliphatic heterocycles. The molecule has 0 saturated carbocycles. The van der Waals surface area contributed by atoms with Gasteiger partial charge in [-0.25, -0.2) is 4.98 Å². The number of aryl methyl sites for hydroxylation is 2. The van der Waals surface area contributed by atoms with E-state index in [0.717, 1.165) is 5.56 Å². The fourth-order valence-electron chi connectivity index (χ4n) is 1.52. The Balaban J connectivity index is 2.67. The van der Waals surface area contributed by atoms with Gasteiger partial charge >= 0.3 is 0 Å². The van der Waals surface area contributed by atoms with E-state index in [1.165, 1.54) is 6.20 Å². The van der Waals surface area contributed by atoms with Crippen molar-refractivity contribution in [3.8, 4) is 11.1 Å². The van der Waals surface area contributed by atoms with E-state index in [2.05, 4.69) is 9.97 Å². The summed E-state index contributed by atoms with van der Waals surface area (Å²) in [6.45, 7) is 3.60. The van der Waals surface area contributed by atoms with Crippen molar-refractivity contribution in [2.24, 2.45) is 0 Å². The lowest BCUT2D eigenvalue weighted by Gasteiger charge is -2.06. The van der Waals surface area contributed by atoms with Crippen LogP contribution in [0.25, 0.3) is 11.1 Å². The Morgan fingerprint density at radius 2 is 2.07 bits per heavy atom. The number of hydrogen-bond acceptors (Lipinski definition) is 2. The molecule has 2 rings (SSSR count). The third-order valence-electron chi connectivity index (χ3n) is 2.23. The van der Waals surface area contributed by atoms with Crippen molar-refractivity contribution < 1.29 is 5.76 Å². The largest absolute Gasteiger partial charge is 0.262 e. The van der Waals surface area contributed by atoms with E-state index in [1.807, 2.05) is 6.92 Å². The van der Waals surface area contributed by atoms with Crippen LogP contribution in [0.3, 0.4) is 0 Å². The summed E-state index contributed by atoms with van der Waals surface area (Å²) in [7, 11) is 0. The first kappa shape index (κ1) is 8.53. The maximum absolute atomic E-state index is 13.6. The Morgan fingerprint density at radius 3 is 2.73 bits per heavy atom. The Morgan fingerprint density at radius 1 is 1.27 bits per heavy atom. The van der Waals surface area contributed by atoms with Gasteiger partial charge in [0.1, 0.15) is 0 Å². The molecule has 3 heteroatoms. The summed E-state index contributed by atoms with van der Waals surface area (Å²) < 4.78 is 21.1. The molecular weight excluding hydrogens is 191 g/mol. The van der Waals surface area contributed by atoms with Crippen molar-refractivity contribution in [2.45, 2.75) is 13.8 Å². The van der Waals surface area contributed by atoms with Gasteiger partial charge in [0.15, 0.2) is 0 Å².